The monoisotopic (exact) mass is 258 g/mol. The molecule has 0 radical (unpaired) electrons. The van der Waals surface area contributed by atoms with Crippen molar-refractivity contribution in [2.45, 2.75) is 25.4 Å². The highest BCUT2D eigenvalue weighted by molar-refractivity contribution is 9.10. The Bertz CT molecular complexity index is 353. The van der Waals surface area contributed by atoms with Gasteiger partial charge in [-0.1, -0.05) is 28.9 Å². The quantitative estimate of drug-likeness (QED) is 0.821. The number of aliphatic hydroxyl groups is 1. The van der Waals surface area contributed by atoms with Gasteiger partial charge in [-0.15, -0.1) is 0 Å². The Hall–Kier alpha value is -0.410. The molecular formula is C11H12BrFO. The smallest absolute Gasteiger partial charge is 0.124 e. The van der Waals surface area contributed by atoms with E-state index in [9.17, 15) is 9.50 Å². The van der Waals surface area contributed by atoms with Crippen LogP contribution < -0.4 is 0 Å². The number of hydrogen-bond acceptors (Lipinski definition) is 1. The minimum absolute atomic E-state index is 0.197. The summed E-state index contributed by atoms with van der Waals surface area (Å²) in [7, 11) is 0. The Labute approximate surface area is 91.1 Å². The van der Waals surface area contributed by atoms with Crippen molar-refractivity contribution >= 4 is 15.9 Å². The van der Waals surface area contributed by atoms with Crippen LogP contribution in [0.2, 0.25) is 0 Å². The molecule has 14 heavy (non-hydrogen) atoms. The Balaban J connectivity index is 2.25. The van der Waals surface area contributed by atoms with Crippen LogP contribution in [0.4, 0.5) is 4.39 Å². The molecule has 1 aliphatic rings. The zero-order valence-corrected chi connectivity index (χ0v) is 9.46. The van der Waals surface area contributed by atoms with E-state index in [1.165, 1.54) is 12.1 Å². The van der Waals surface area contributed by atoms with E-state index in [2.05, 4.69) is 15.9 Å². The number of benzene rings is 1. The standard InChI is InChI=1S/C11H12BrFO/c1-6-9(5-11(6)14)8-3-2-7(13)4-10(8)12/h2-4,6,9,11,14H,5H2,1H3. The maximum atomic E-state index is 12.8. The van der Waals surface area contributed by atoms with Crippen LogP contribution in [0.3, 0.4) is 0 Å². The van der Waals surface area contributed by atoms with Gasteiger partial charge in [0, 0.05) is 4.47 Å². The molecule has 3 atom stereocenters. The Morgan fingerprint density at radius 2 is 2.21 bits per heavy atom. The average molecular weight is 259 g/mol. The molecule has 1 aromatic carbocycles. The summed E-state index contributed by atoms with van der Waals surface area (Å²) in [5.74, 6) is 0.407. The highest BCUT2D eigenvalue weighted by Gasteiger charge is 2.37. The van der Waals surface area contributed by atoms with Crippen LogP contribution >= 0.6 is 15.9 Å². The lowest BCUT2D eigenvalue weighted by Gasteiger charge is -2.40. The molecule has 0 bridgehead atoms. The topological polar surface area (TPSA) is 20.2 Å². The second-order valence-corrected chi connectivity index (χ2v) is 4.79. The molecule has 3 heteroatoms. The fourth-order valence-electron chi connectivity index (χ4n) is 1.97. The molecule has 1 aromatic rings. The minimum atomic E-state index is -0.229. The summed E-state index contributed by atoms with van der Waals surface area (Å²) in [4.78, 5) is 0. The van der Waals surface area contributed by atoms with Gasteiger partial charge in [-0.25, -0.2) is 4.39 Å². The molecule has 0 saturated heterocycles. The van der Waals surface area contributed by atoms with Crippen LogP contribution in [-0.4, -0.2) is 11.2 Å². The number of hydrogen-bond donors (Lipinski definition) is 1. The summed E-state index contributed by atoms with van der Waals surface area (Å²) in [6.07, 6.45) is 0.586. The highest BCUT2D eigenvalue weighted by Crippen LogP contribution is 2.44. The predicted octanol–water partition coefficient (Wildman–Crippen LogP) is 3.07. The molecule has 1 N–H and O–H groups in total. The average Bonchev–Trinajstić information content (AvgIpc) is 2.15. The first-order chi connectivity index (χ1) is 6.59. The summed E-state index contributed by atoms with van der Waals surface area (Å²) in [6, 6.07) is 4.75. The van der Waals surface area contributed by atoms with Gasteiger partial charge >= 0.3 is 0 Å². The predicted molar refractivity (Wildman–Crippen MR) is 56.6 cm³/mol. The van der Waals surface area contributed by atoms with Crippen LogP contribution in [0.15, 0.2) is 22.7 Å². The molecular weight excluding hydrogens is 247 g/mol. The normalized spacial score (nSPS) is 31.3. The third kappa shape index (κ3) is 1.59. The van der Waals surface area contributed by atoms with Gasteiger partial charge in [0.25, 0.3) is 0 Å². The van der Waals surface area contributed by atoms with Gasteiger partial charge in [-0.2, -0.15) is 0 Å². The fraction of sp³-hybridized carbons (Fsp3) is 0.455. The van der Waals surface area contributed by atoms with E-state index in [1.807, 2.05) is 6.92 Å². The van der Waals surface area contributed by atoms with Gasteiger partial charge in [0.05, 0.1) is 6.10 Å². The number of aliphatic hydroxyl groups excluding tert-OH is 1. The lowest BCUT2D eigenvalue weighted by atomic mass is 9.69. The van der Waals surface area contributed by atoms with E-state index in [0.29, 0.717) is 5.92 Å². The summed E-state index contributed by atoms with van der Waals surface area (Å²) in [5.41, 5.74) is 1.10. The van der Waals surface area contributed by atoms with Crippen molar-refractivity contribution in [1.29, 1.82) is 0 Å². The van der Waals surface area contributed by atoms with Gasteiger partial charge in [-0.05, 0) is 36.0 Å². The highest BCUT2D eigenvalue weighted by atomic mass is 79.9. The van der Waals surface area contributed by atoms with Crippen LogP contribution in [0.5, 0.6) is 0 Å². The summed E-state index contributed by atoms with van der Waals surface area (Å²) in [6.45, 7) is 2.02. The van der Waals surface area contributed by atoms with E-state index < -0.39 is 0 Å². The molecule has 76 valence electrons. The van der Waals surface area contributed by atoms with Crippen molar-refractivity contribution < 1.29 is 9.50 Å². The molecule has 0 heterocycles. The van der Waals surface area contributed by atoms with Crippen molar-refractivity contribution in [3.63, 3.8) is 0 Å². The lowest BCUT2D eigenvalue weighted by Crippen LogP contribution is -2.37. The molecule has 1 saturated carbocycles. The number of rotatable bonds is 1. The van der Waals surface area contributed by atoms with Crippen molar-refractivity contribution in [2.24, 2.45) is 5.92 Å². The maximum Gasteiger partial charge on any atom is 0.124 e. The van der Waals surface area contributed by atoms with Crippen LogP contribution in [0, 0.1) is 11.7 Å². The summed E-state index contributed by atoms with van der Waals surface area (Å²) < 4.78 is 13.6. The third-order valence-electron chi connectivity index (χ3n) is 3.10. The van der Waals surface area contributed by atoms with Gasteiger partial charge in [0.1, 0.15) is 5.82 Å². The molecule has 0 aliphatic heterocycles. The SMILES string of the molecule is CC1C(O)CC1c1ccc(F)cc1Br. The fourth-order valence-corrected chi connectivity index (χ4v) is 2.62. The zero-order chi connectivity index (χ0) is 10.3. The minimum Gasteiger partial charge on any atom is -0.393 e. The number of halogens is 2. The second kappa shape index (κ2) is 3.63. The first kappa shape index (κ1) is 10.1. The molecule has 3 unspecified atom stereocenters. The van der Waals surface area contributed by atoms with Crippen LogP contribution in [0.1, 0.15) is 24.8 Å². The van der Waals surface area contributed by atoms with E-state index in [1.54, 1.807) is 6.07 Å². The lowest BCUT2D eigenvalue weighted by molar-refractivity contribution is 0.0115. The molecule has 0 amide bonds. The van der Waals surface area contributed by atoms with Crippen molar-refractivity contribution in [3.8, 4) is 0 Å². The first-order valence-corrected chi connectivity index (χ1v) is 5.52. The first-order valence-electron chi connectivity index (χ1n) is 4.72. The Kier molecular flexibility index (Phi) is 2.62. The third-order valence-corrected chi connectivity index (χ3v) is 3.79. The van der Waals surface area contributed by atoms with Crippen molar-refractivity contribution in [3.05, 3.63) is 34.1 Å². The summed E-state index contributed by atoms with van der Waals surface area (Å²) >= 11 is 3.35. The van der Waals surface area contributed by atoms with Crippen LogP contribution in [0.25, 0.3) is 0 Å². The molecule has 0 aromatic heterocycles. The van der Waals surface area contributed by atoms with E-state index in [4.69, 9.17) is 0 Å². The molecule has 0 spiro atoms. The largest absolute Gasteiger partial charge is 0.393 e. The van der Waals surface area contributed by atoms with Crippen LogP contribution in [-0.2, 0) is 0 Å². The van der Waals surface area contributed by atoms with Gasteiger partial charge < -0.3 is 5.11 Å². The zero-order valence-electron chi connectivity index (χ0n) is 7.87. The van der Waals surface area contributed by atoms with Crippen molar-refractivity contribution in [2.75, 3.05) is 0 Å². The summed E-state index contributed by atoms with van der Waals surface area (Å²) in [5, 5.41) is 9.40. The molecule has 1 nitrogen and oxygen atoms in total. The van der Waals surface area contributed by atoms with E-state index >= 15 is 0 Å². The van der Waals surface area contributed by atoms with Gasteiger partial charge in [0.15, 0.2) is 0 Å². The maximum absolute atomic E-state index is 12.8. The molecule has 1 fully saturated rings. The molecule has 2 rings (SSSR count). The van der Waals surface area contributed by atoms with Crippen molar-refractivity contribution in [1.82, 2.24) is 0 Å². The van der Waals surface area contributed by atoms with Gasteiger partial charge in [0.2, 0.25) is 0 Å². The van der Waals surface area contributed by atoms with E-state index in [0.717, 1.165) is 16.5 Å². The Morgan fingerprint density at radius 1 is 1.50 bits per heavy atom. The Morgan fingerprint density at radius 3 is 2.71 bits per heavy atom. The van der Waals surface area contributed by atoms with E-state index in [-0.39, 0.29) is 17.8 Å². The van der Waals surface area contributed by atoms with Gasteiger partial charge in [-0.3, -0.25) is 0 Å². The molecule has 1 aliphatic carbocycles. The second-order valence-electron chi connectivity index (χ2n) is 3.93.